The van der Waals surface area contributed by atoms with E-state index in [-0.39, 0.29) is 34.0 Å². The summed E-state index contributed by atoms with van der Waals surface area (Å²) < 4.78 is 3.30. The summed E-state index contributed by atoms with van der Waals surface area (Å²) in [4.78, 5) is 20.1. The van der Waals surface area contributed by atoms with E-state index in [1.54, 1.807) is 21.7 Å². The van der Waals surface area contributed by atoms with Gasteiger partial charge in [0.2, 0.25) is 0 Å². The van der Waals surface area contributed by atoms with Gasteiger partial charge >= 0.3 is 95.2 Å². The van der Waals surface area contributed by atoms with Crippen molar-refractivity contribution in [2.45, 2.75) is 180 Å². The third kappa shape index (κ3) is 52.9. The molecule has 220 valence electrons. The molecule has 0 saturated carbocycles. The van der Waals surface area contributed by atoms with Gasteiger partial charge in [0.25, 0.3) is 0 Å². The van der Waals surface area contributed by atoms with Gasteiger partial charge in [-0.15, -0.1) is 0 Å². The van der Waals surface area contributed by atoms with Crippen molar-refractivity contribution in [3.05, 3.63) is 0 Å². The summed E-state index contributed by atoms with van der Waals surface area (Å²) in [5, 5.41) is 20.1. The number of hydrogen-bond donors (Lipinski definition) is 0. The molecular formula is C32H64O4Sn. The molecule has 0 aromatic rings. The molecule has 4 nitrogen and oxygen atoms in total. The van der Waals surface area contributed by atoms with Crippen LogP contribution in [0.2, 0.25) is 8.87 Å². The summed E-state index contributed by atoms with van der Waals surface area (Å²) in [6, 6.07) is 0. The summed E-state index contributed by atoms with van der Waals surface area (Å²) in [7, 11) is 0. The van der Waals surface area contributed by atoms with Crippen molar-refractivity contribution >= 4 is 33.1 Å². The van der Waals surface area contributed by atoms with Gasteiger partial charge in [-0.05, 0) is 49.4 Å². The van der Waals surface area contributed by atoms with Crippen molar-refractivity contribution in [2.24, 2.45) is 10.8 Å². The maximum absolute atomic E-state index is 10.0. The van der Waals surface area contributed by atoms with Crippen molar-refractivity contribution in [1.82, 2.24) is 0 Å². The minimum atomic E-state index is -0.925. The van der Waals surface area contributed by atoms with E-state index in [9.17, 15) is 19.8 Å². The third-order valence-corrected chi connectivity index (χ3v) is 10.1. The van der Waals surface area contributed by atoms with Crippen molar-refractivity contribution in [3.8, 4) is 0 Å². The molecule has 0 radical (unpaired) electrons. The average Bonchev–Trinajstić information content (AvgIpc) is 2.76. The zero-order valence-electron chi connectivity index (χ0n) is 26.3. The number of rotatable bonds is 20. The van der Waals surface area contributed by atoms with Crippen LogP contribution in [0.3, 0.4) is 0 Å². The number of aliphatic carboxylic acids is 2. The van der Waals surface area contributed by atoms with E-state index < -0.39 is 11.9 Å². The van der Waals surface area contributed by atoms with Gasteiger partial charge in [-0.2, -0.15) is 0 Å². The van der Waals surface area contributed by atoms with Crippen LogP contribution in [0.5, 0.6) is 0 Å². The van der Waals surface area contributed by atoms with Crippen LogP contribution in [-0.4, -0.2) is 33.1 Å². The molecule has 0 atom stereocenters. The first-order chi connectivity index (χ1) is 17.2. The number of carboxylic acid groups (broad SMARTS) is 2. The molecule has 0 rings (SSSR count). The Hall–Kier alpha value is -0.261. The summed E-state index contributed by atoms with van der Waals surface area (Å²) in [5.41, 5.74) is 0.753. The molecule has 0 unspecified atom stereocenters. The molecule has 0 saturated heterocycles. The maximum atomic E-state index is 10.0. The molecule has 0 aromatic heterocycles. The summed E-state index contributed by atoms with van der Waals surface area (Å²) in [6.45, 7) is 17.8. The molecule has 0 spiro atoms. The Balaban J connectivity index is -0.000000469. The first-order valence-electron chi connectivity index (χ1n) is 15.4. The van der Waals surface area contributed by atoms with Crippen molar-refractivity contribution in [2.75, 3.05) is 0 Å². The first kappa shape index (κ1) is 41.2. The van der Waals surface area contributed by atoms with Crippen molar-refractivity contribution < 1.29 is 19.8 Å². The van der Waals surface area contributed by atoms with E-state index in [1.165, 1.54) is 51.4 Å². The molecule has 0 aliphatic rings. The molecule has 0 heterocycles. The predicted octanol–water partition coefficient (Wildman–Crippen LogP) is 8.15. The number of carbonyl (C=O) groups is 2. The van der Waals surface area contributed by atoms with Gasteiger partial charge in [-0.1, -0.05) is 67.2 Å². The Labute approximate surface area is 242 Å². The Morgan fingerprint density at radius 1 is 0.514 bits per heavy atom. The van der Waals surface area contributed by atoms with Gasteiger partial charge in [-0.25, -0.2) is 0 Å². The fourth-order valence-corrected chi connectivity index (χ4v) is 7.25. The monoisotopic (exact) mass is 632 g/mol. The standard InChI is InChI=1S/2C10H20O2.2C6H13.Sn/c2*1-10(2,3)8-6-4-5-7-9(11)12;2*1-3-5-6-4-2;/h2*4-8H2,1-3H3,(H,11,12);2*1,3-6H2,2H3;/q;;;;+2/p-2. The second kappa shape index (κ2) is 28.7. The van der Waals surface area contributed by atoms with E-state index in [0.29, 0.717) is 10.8 Å². The molecule has 37 heavy (non-hydrogen) atoms. The fourth-order valence-electron chi connectivity index (χ4n) is 3.68. The number of unbranched alkanes of at least 4 members (excludes halogenated alkanes) is 10. The summed E-state index contributed by atoms with van der Waals surface area (Å²) in [6.07, 6.45) is 20.4. The van der Waals surface area contributed by atoms with Gasteiger partial charge in [0, 0.05) is 11.9 Å². The second-order valence-electron chi connectivity index (χ2n) is 12.9. The molecule has 5 heteroatoms. The Bertz CT molecular complexity index is 448. The molecular weight excluding hydrogens is 567 g/mol. The predicted molar refractivity (Wildman–Crippen MR) is 159 cm³/mol. The molecule has 0 N–H and O–H groups in total. The molecule has 0 aliphatic heterocycles. The van der Waals surface area contributed by atoms with Crippen LogP contribution in [0.1, 0.15) is 171 Å². The van der Waals surface area contributed by atoms with Crippen LogP contribution in [0.25, 0.3) is 0 Å². The topological polar surface area (TPSA) is 80.3 Å². The minimum absolute atomic E-state index is 0.104. The molecule has 0 fully saturated rings. The van der Waals surface area contributed by atoms with Gasteiger partial charge < -0.3 is 19.8 Å². The summed E-state index contributed by atoms with van der Waals surface area (Å²) >= 11 is 0.104. The van der Waals surface area contributed by atoms with Crippen LogP contribution >= 0.6 is 0 Å². The Kier molecular flexibility index (Phi) is 32.0. The zero-order valence-corrected chi connectivity index (χ0v) is 29.1. The van der Waals surface area contributed by atoms with Crippen molar-refractivity contribution in [1.29, 1.82) is 0 Å². The Morgan fingerprint density at radius 3 is 1.11 bits per heavy atom. The van der Waals surface area contributed by atoms with Gasteiger partial charge in [-0.3, -0.25) is 0 Å². The molecule has 0 amide bonds. The van der Waals surface area contributed by atoms with Crippen LogP contribution < -0.4 is 10.2 Å². The molecule has 0 aliphatic carbocycles. The van der Waals surface area contributed by atoms with E-state index in [2.05, 4.69) is 55.4 Å². The Morgan fingerprint density at radius 2 is 0.838 bits per heavy atom. The second-order valence-corrected chi connectivity index (χ2v) is 17.1. The van der Waals surface area contributed by atoms with E-state index in [1.807, 2.05) is 0 Å². The van der Waals surface area contributed by atoms with Crippen LogP contribution in [0.4, 0.5) is 0 Å². The van der Waals surface area contributed by atoms with Gasteiger partial charge in [0.1, 0.15) is 0 Å². The van der Waals surface area contributed by atoms with E-state index >= 15 is 0 Å². The van der Waals surface area contributed by atoms with Crippen molar-refractivity contribution in [3.63, 3.8) is 0 Å². The SMILES string of the molecule is CC(C)(C)CCCCCC(=O)[O-].CC(C)(C)CCCCCC(=O)[O-].CCCCC[CH2][Sn+2][CH2]CCCCC. The van der Waals surface area contributed by atoms with Gasteiger partial charge in [0.05, 0.1) is 0 Å². The molecule has 0 aromatic carbocycles. The normalized spacial score (nSPS) is 11.0. The third-order valence-electron chi connectivity index (χ3n) is 6.03. The van der Waals surface area contributed by atoms with E-state index in [0.717, 1.165) is 38.5 Å². The number of hydrogen-bond acceptors (Lipinski definition) is 4. The van der Waals surface area contributed by atoms with Crippen LogP contribution in [0.15, 0.2) is 0 Å². The zero-order chi connectivity index (χ0) is 29.0. The van der Waals surface area contributed by atoms with Crippen LogP contribution in [-0.2, 0) is 9.59 Å². The average molecular weight is 632 g/mol. The quantitative estimate of drug-likeness (QED) is 0.100. The summed E-state index contributed by atoms with van der Waals surface area (Å²) in [5.74, 6) is -1.85. The fraction of sp³-hybridized carbons (Fsp3) is 0.938. The molecule has 0 bridgehead atoms. The number of carboxylic acids is 2. The van der Waals surface area contributed by atoms with E-state index in [4.69, 9.17) is 0 Å². The number of carbonyl (C=O) groups excluding carboxylic acids is 2. The van der Waals surface area contributed by atoms with Crippen LogP contribution in [0, 0.1) is 10.8 Å². The van der Waals surface area contributed by atoms with Gasteiger partial charge in [0.15, 0.2) is 0 Å². The first-order valence-corrected chi connectivity index (χ1v) is 19.4.